The predicted octanol–water partition coefficient (Wildman–Crippen LogP) is 2.59. The third-order valence-corrected chi connectivity index (χ3v) is 6.81. The molecule has 0 bridgehead atoms. The number of nitrogen functional groups attached to an aromatic ring is 2. The number of nitrogens with two attached hydrogens (primary N) is 2. The van der Waals surface area contributed by atoms with E-state index in [1.54, 1.807) is 71.9 Å². The lowest BCUT2D eigenvalue weighted by atomic mass is 9.83. The third-order valence-electron chi connectivity index (χ3n) is 5.69. The van der Waals surface area contributed by atoms with E-state index < -0.39 is 47.2 Å². The number of hydrogen-bond donors (Lipinski definition) is 7. The summed E-state index contributed by atoms with van der Waals surface area (Å²) in [4.78, 5) is 53.8. The second-order valence-electron chi connectivity index (χ2n) is 11.8. The largest absolute Gasteiger partial charge is 0.460 e. The first-order valence-electron chi connectivity index (χ1n) is 13.5. The zero-order chi connectivity index (χ0) is 32.6. The van der Waals surface area contributed by atoms with Gasteiger partial charge in [-0.1, -0.05) is 18.2 Å². The van der Waals surface area contributed by atoms with Gasteiger partial charge in [0.25, 0.3) is 5.91 Å². The van der Waals surface area contributed by atoms with Crippen LogP contribution < -0.4 is 27.4 Å². The minimum atomic E-state index is -1.92. The van der Waals surface area contributed by atoms with Crippen molar-refractivity contribution in [1.82, 2.24) is 16.0 Å². The van der Waals surface area contributed by atoms with Crippen molar-refractivity contribution >= 4 is 46.9 Å². The van der Waals surface area contributed by atoms with Gasteiger partial charge in [-0.05, 0) is 71.7 Å². The van der Waals surface area contributed by atoms with Crippen LogP contribution in [-0.4, -0.2) is 53.3 Å². The van der Waals surface area contributed by atoms with E-state index in [9.17, 15) is 19.2 Å². The van der Waals surface area contributed by atoms with Crippen molar-refractivity contribution in [3.05, 3.63) is 57.3 Å². The van der Waals surface area contributed by atoms with Gasteiger partial charge in [0.1, 0.15) is 28.4 Å². The molecule has 43 heavy (non-hydrogen) atoms. The van der Waals surface area contributed by atoms with Gasteiger partial charge < -0.3 is 36.9 Å². The molecule has 0 aliphatic carbocycles. The molecule has 0 aliphatic heterocycles. The molecule has 1 aromatic heterocycles. The predicted molar refractivity (Wildman–Crippen MR) is 164 cm³/mol. The molecule has 0 aliphatic rings. The highest BCUT2D eigenvalue weighted by Gasteiger charge is 2.44. The van der Waals surface area contributed by atoms with Gasteiger partial charge in [0.15, 0.2) is 0 Å². The molecule has 1 heterocycles. The van der Waals surface area contributed by atoms with E-state index in [1.165, 1.54) is 17.4 Å². The Balaban J connectivity index is 2.40. The lowest BCUT2D eigenvalue weighted by molar-refractivity contribution is -0.155. The summed E-state index contributed by atoms with van der Waals surface area (Å²) in [5, 5.41) is 23.3. The molecule has 14 heteroatoms. The van der Waals surface area contributed by atoms with Crippen LogP contribution in [0.15, 0.2) is 36.4 Å². The minimum Gasteiger partial charge on any atom is -0.460 e. The molecule has 0 radical (unpaired) electrons. The molecule has 2 rings (SSSR count). The number of benzene rings is 1. The average molecular weight is 616 g/mol. The highest BCUT2D eigenvalue weighted by atomic mass is 32.1. The van der Waals surface area contributed by atoms with Crippen molar-refractivity contribution in [1.29, 1.82) is 10.8 Å². The normalized spacial score (nSPS) is 12.8. The summed E-state index contributed by atoms with van der Waals surface area (Å²) in [5.41, 5.74) is 8.05. The fourth-order valence-corrected chi connectivity index (χ4v) is 4.68. The van der Waals surface area contributed by atoms with Crippen LogP contribution in [0, 0.1) is 10.8 Å². The van der Waals surface area contributed by atoms with Crippen LogP contribution in [-0.2, 0) is 35.9 Å². The van der Waals surface area contributed by atoms with Crippen molar-refractivity contribution < 1.29 is 28.7 Å². The Labute approximate surface area is 255 Å². The number of ether oxygens (including phenoxy) is 2. The van der Waals surface area contributed by atoms with Crippen molar-refractivity contribution in [2.75, 3.05) is 6.54 Å². The molecule has 1 aromatic carbocycles. The first-order valence-corrected chi connectivity index (χ1v) is 14.3. The fourth-order valence-electron chi connectivity index (χ4n) is 3.87. The summed E-state index contributed by atoms with van der Waals surface area (Å²) >= 11 is 1.25. The quantitative estimate of drug-likeness (QED) is 0.106. The van der Waals surface area contributed by atoms with E-state index in [0.29, 0.717) is 4.88 Å². The van der Waals surface area contributed by atoms with E-state index in [1.807, 2.05) is 0 Å². The fraction of sp³-hybridized carbons (Fsp3) is 0.448. The van der Waals surface area contributed by atoms with Crippen molar-refractivity contribution in [2.24, 2.45) is 11.5 Å². The molecule has 2 aromatic rings. The molecule has 1 atom stereocenters. The number of amidine groups is 2. The van der Waals surface area contributed by atoms with E-state index in [-0.39, 0.29) is 42.2 Å². The molecular formula is C29H41N7O6S. The number of thiophene rings is 1. The van der Waals surface area contributed by atoms with Crippen molar-refractivity contribution in [3.8, 4) is 0 Å². The summed E-state index contributed by atoms with van der Waals surface area (Å²) < 4.78 is 10.9. The molecule has 0 saturated carbocycles. The molecular weight excluding hydrogens is 574 g/mol. The smallest absolute Gasteiger partial charge is 0.408 e. The molecule has 3 amide bonds. The maximum atomic E-state index is 14.0. The molecule has 9 N–H and O–H groups in total. The van der Waals surface area contributed by atoms with Crippen molar-refractivity contribution in [2.45, 2.75) is 77.7 Å². The summed E-state index contributed by atoms with van der Waals surface area (Å²) in [5.74, 6) is -2.29. The summed E-state index contributed by atoms with van der Waals surface area (Å²) in [6.45, 7) is 9.77. The monoisotopic (exact) mass is 615 g/mol. The van der Waals surface area contributed by atoms with Crippen LogP contribution >= 0.6 is 11.3 Å². The summed E-state index contributed by atoms with van der Waals surface area (Å²) in [6.07, 6.45) is -1.49. The zero-order valence-corrected chi connectivity index (χ0v) is 26.1. The van der Waals surface area contributed by atoms with E-state index in [4.69, 9.17) is 31.8 Å². The second kappa shape index (κ2) is 14.1. The highest BCUT2D eigenvalue weighted by Crippen LogP contribution is 2.30. The molecule has 0 spiro atoms. The maximum absolute atomic E-state index is 14.0. The number of nitrogens with one attached hydrogen (secondary N) is 5. The minimum absolute atomic E-state index is 0.0797. The third kappa shape index (κ3) is 11.0. The van der Waals surface area contributed by atoms with Gasteiger partial charge >= 0.3 is 12.1 Å². The maximum Gasteiger partial charge on any atom is 0.408 e. The first kappa shape index (κ1) is 34.7. The Hall–Kier alpha value is -4.46. The van der Waals surface area contributed by atoms with Gasteiger partial charge in [-0.25, -0.2) is 4.79 Å². The molecule has 0 unspecified atom stereocenters. The Morgan fingerprint density at radius 3 is 2.09 bits per heavy atom. The Bertz CT molecular complexity index is 1380. The van der Waals surface area contributed by atoms with Gasteiger partial charge in [-0.2, -0.15) is 0 Å². The number of alkyl carbamates (subject to hydrolysis) is 1. The number of hydrogen-bond acceptors (Lipinski definition) is 9. The standard InChI is InChI=1S/C29H41N7O6S/c1-27(2,3)41-22(38)12-13-29(36-26(40)42-28(4,5)6,18-9-7-8-17(14-18)23(30)31)25(39)35-16-21(37)34-15-19-10-11-20(43-19)24(32)33/h7-11,14H,12-13,15-16H2,1-6H3,(H3,30,31)(H3,32,33)(H,34,37)(H,35,39)(H,36,40)/t29-/m0/s1. The number of rotatable bonds is 12. The van der Waals surface area contributed by atoms with Crippen LogP contribution in [0.3, 0.4) is 0 Å². The molecule has 234 valence electrons. The van der Waals surface area contributed by atoms with Gasteiger partial charge in [0.05, 0.1) is 18.0 Å². The summed E-state index contributed by atoms with van der Waals surface area (Å²) in [6, 6.07) is 9.52. The Morgan fingerprint density at radius 2 is 1.53 bits per heavy atom. The van der Waals surface area contributed by atoms with Gasteiger partial charge in [-0.3, -0.25) is 25.2 Å². The second-order valence-corrected chi connectivity index (χ2v) is 12.9. The van der Waals surface area contributed by atoms with Crippen LogP contribution in [0.5, 0.6) is 0 Å². The topological polar surface area (TPSA) is 223 Å². The summed E-state index contributed by atoms with van der Waals surface area (Å²) in [7, 11) is 0. The molecule has 0 saturated heterocycles. The van der Waals surface area contributed by atoms with Gasteiger partial charge in [0, 0.05) is 16.9 Å². The highest BCUT2D eigenvalue weighted by molar-refractivity contribution is 7.14. The van der Waals surface area contributed by atoms with Crippen LogP contribution in [0.25, 0.3) is 0 Å². The number of carbonyl (C=O) groups excluding carboxylic acids is 4. The van der Waals surface area contributed by atoms with E-state index >= 15 is 0 Å². The number of amides is 3. The van der Waals surface area contributed by atoms with Gasteiger partial charge in [-0.15, -0.1) is 11.3 Å². The number of carbonyl (C=O) groups is 4. The Kier molecular flexibility index (Phi) is 11.4. The SMILES string of the molecule is CC(C)(C)OC(=O)CC[C@@](NC(=O)OC(C)(C)C)(C(=O)NCC(=O)NCc1ccc(C(=N)N)s1)c1cccc(C(=N)N)c1. The molecule has 0 fully saturated rings. The van der Waals surface area contributed by atoms with Crippen LogP contribution in [0.4, 0.5) is 4.79 Å². The average Bonchev–Trinajstić information content (AvgIpc) is 3.36. The zero-order valence-electron chi connectivity index (χ0n) is 25.3. The van der Waals surface area contributed by atoms with E-state index in [0.717, 1.165) is 4.88 Å². The number of esters is 1. The molecule has 13 nitrogen and oxygen atoms in total. The Morgan fingerprint density at radius 1 is 0.884 bits per heavy atom. The lowest BCUT2D eigenvalue weighted by Gasteiger charge is -2.35. The first-order chi connectivity index (χ1) is 19.8. The van der Waals surface area contributed by atoms with Crippen molar-refractivity contribution in [3.63, 3.8) is 0 Å². The lowest BCUT2D eigenvalue weighted by Crippen LogP contribution is -2.58. The van der Waals surface area contributed by atoms with Gasteiger partial charge in [0.2, 0.25) is 5.91 Å². The van der Waals surface area contributed by atoms with Crippen LogP contribution in [0.2, 0.25) is 0 Å². The van der Waals surface area contributed by atoms with E-state index in [2.05, 4.69) is 16.0 Å². The van der Waals surface area contributed by atoms with Crippen LogP contribution in [0.1, 0.15) is 75.3 Å².